The van der Waals surface area contributed by atoms with Crippen LogP contribution in [0.1, 0.15) is 73.0 Å². The molecule has 2 amide bonds. The Morgan fingerprint density at radius 2 is 2.04 bits per heavy atom. The van der Waals surface area contributed by atoms with Crippen molar-refractivity contribution in [1.82, 2.24) is 10.2 Å². The second-order valence-electron chi connectivity index (χ2n) is 7.75. The van der Waals surface area contributed by atoms with E-state index in [0.717, 1.165) is 38.2 Å². The van der Waals surface area contributed by atoms with Gasteiger partial charge in [0.15, 0.2) is 0 Å². The van der Waals surface area contributed by atoms with Gasteiger partial charge in [-0.25, -0.2) is 4.79 Å². The van der Waals surface area contributed by atoms with Gasteiger partial charge in [-0.05, 0) is 55.9 Å². The molecule has 28 heavy (non-hydrogen) atoms. The van der Waals surface area contributed by atoms with Crippen LogP contribution in [0.4, 0.5) is 18.0 Å². The van der Waals surface area contributed by atoms with Crippen molar-refractivity contribution in [2.24, 2.45) is 0 Å². The van der Waals surface area contributed by atoms with Crippen molar-refractivity contribution < 1.29 is 27.5 Å². The third-order valence-corrected chi connectivity index (χ3v) is 5.65. The summed E-state index contributed by atoms with van der Waals surface area (Å²) in [6.07, 6.45) is -0.989. The molecule has 154 valence electrons. The van der Waals surface area contributed by atoms with E-state index in [1.165, 1.54) is 11.0 Å². The van der Waals surface area contributed by atoms with Gasteiger partial charge in [-0.1, -0.05) is 13.3 Å². The maximum atomic E-state index is 13.5. The standard InChI is InChI=1S/C20H25F3N2O3/c1-3-4-8-28-18(27)25(19(2)6-5-7-19)12-13-9-14-15(11-24-17(14)26)16(10-13)20(21,22)23/h9-10H,3-8,11-12H2,1-2H3,(H,24,26). The third kappa shape index (κ3) is 3.95. The number of halogens is 3. The molecule has 0 bridgehead atoms. The highest BCUT2D eigenvalue weighted by Crippen LogP contribution is 2.40. The van der Waals surface area contributed by atoms with Crippen LogP contribution in [-0.4, -0.2) is 29.0 Å². The largest absolute Gasteiger partial charge is 0.449 e. The van der Waals surface area contributed by atoms with Crippen LogP contribution >= 0.6 is 0 Å². The average molecular weight is 398 g/mol. The molecule has 1 aliphatic carbocycles. The number of benzene rings is 1. The van der Waals surface area contributed by atoms with Crippen molar-refractivity contribution in [3.05, 3.63) is 34.4 Å². The number of unbranched alkanes of at least 4 members (excludes halogenated alkanes) is 1. The molecule has 0 aromatic heterocycles. The summed E-state index contributed by atoms with van der Waals surface area (Å²) in [5, 5.41) is 2.44. The second-order valence-corrected chi connectivity index (χ2v) is 7.75. The summed E-state index contributed by atoms with van der Waals surface area (Å²) in [7, 11) is 0. The van der Waals surface area contributed by atoms with Gasteiger partial charge in [0.25, 0.3) is 5.91 Å². The predicted octanol–water partition coefficient (Wildman–Crippen LogP) is 4.63. The van der Waals surface area contributed by atoms with Crippen molar-refractivity contribution in [3.8, 4) is 0 Å². The molecule has 1 N–H and O–H groups in total. The fourth-order valence-electron chi connectivity index (χ4n) is 3.73. The minimum absolute atomic E-state index is 0.0227. The van der Waals surface area contributed by atoms with Crippen molar-refractivity contribution in [2.75, 3.05) is 6.61 Å². The molecular formula is C20H25F3N2O3. The van der Waals surface area contributed by atoms with Gasteiger partial charge < -0.3 is 10.1 Å². The van der Waals surface area contributed by atoms with Crippen molar-refractivity contribution in [1.29, 1.82) is 0 Å². The van der Waals surface area contributed by atoms with Crippen LogP contribution in [-0.2, 0) is 24.0 Å². The molecule has 3 rings (SSSR count). The number of fused-ring (bicyclic) bond motifs is 1. The number of alkyl halides is 3. The number of nitrogens with one attached hydrogen (secondary N) is 1. The van der Waals surface area contributed by atoms with Crippen molar-refractivity contribution >= 4 is 12.0 Å². The summed E-state index contributed by atoms with van der Waals surface area (Å²) in [4.78, 5) is 26.1. The number of carbonyl (C=O) groups is 2. The Kier molecular flexibility index (Phi) is 5.59. The van der Waals surface area contributed by atoms with Crippen LogP contribution in [0.3, 0.4) is 0 Å². The quantitative estimate of drug-likeness (QED) is 0.711. The van der Waals surface area contributed by atoms with E-state index in [2.05, 4.69) is 5.32 Å². The lowest BCUT2D eigenvalue weighted by atomic mass is 9.77. The molecule has 1 aliphatic heterocycles. The number of rotatable bonds is 6. The second kappa shape index (κ2) is 7.64. The number of ether oxygens (including phenoxy) is 1. The van der Waals surface area contributed by atoms with Crippen LogP contribution in [0.2, 0.25) is 0 Å². The highest BCUT2D eigenvalue weighted by molar-refractivity contribution is 5.99. The monoisotopic (exact) mass is 398 g/mol. The zero-order valence-electron chi connectivity index (χ0n) is 16.1. The number of carbonyl (C=O) groups excluding carboxylic acids is 2. The Bertz CT molecular complexity index is 773. The SMILES string of the molecule is CCCCOC(=O)N(Cc1cc2c(c(C(F)(F)F)c1)CNC2=O)C1(C)CCC1. The first-order valence-corrected chi connectivity index (χ1v) is 9.61. The van der Waals surface area contributed by atoms with Crippen LogP contribution in [0.25, 0.3) is 0 Å². The molecule has 1 aromatic rings. The summed E-state index contributed by atoms with van der Waals surface area (Å²) in [5.41, 5.74) is -0.987. The molecular weight excluding hydrogens is 373 g/mol. The van der Waals surface area contributed by atoms with E-state index in [0.29, 0.717) is 0 Å². The third-order valence-electron chi connectivity index (χ3n) is 5.65. The van der Waals surface area contributed by atoms with Gasteiger partial charge in [0, 0.05) is 24.2 Å². The lowest BCUT2D eigenvalue weighted by Gasteiger charge is -2.47. The summed E-state index contributed by atoms with van der Waals surface area (Å²) >= 11 is 0. The molecule has 1 fully saturated rings. The lowest BCUT2D eigenvalue weighted by Crippen LogP contribution is -2.53. The Balaban J connectivity index is 1.91. The van der Waals surface area contributed by atoms with E-state index < -0.39 is 29.3 Å². The van der Waals surface area contributed by atoms with E-state index in [4.69, 9.17) is 4.74 Å². The van der Waals surface area contributed by atoms with Crippen LogP contribution in [0.15, 0.2) is 12.1 Å². The van der Waals surface area contributed by atoms with Gasteiger partial charge in [-0.15, -0.1) is 0 Å². The topological polar surface area (TPSA) is 58.6 Å². The molecule has 0 saturated heterocycles. The summed E-state index contributed by atoms with van der Waals surface area (Å²) < 4.78 is 45.9. The Morgan fingerprint density at radius 3 is 2.61 bits per heavy atom. The van der Waals surface area contributed by atoms with Crippen molar-refractivity contribution in [2.45, 2.75) is 70.8 Å². The highest BCUT2D eigenvalue weighted by atomic mass is 19.4. The Morgan fingerprint density at radius 1 is 1.32 bits per heavy atom. The smallest absolute Gasteiger partial charge is 0.416 e. The minimum Gasteiger partial charge on any atom is -0.449 e. The molecule has 0 spiro atoms. The van der Waals surface area contributed by atoms with Gasteiger partial charge in [-0.2, -0.15) is 13.2 Å². The zero-order valence-corrected chi connectivity index (χ0v) is 16.1. The van der Waals surface area contributed by atoms with Crippen molar-refractivity contribution in [3.63, 3.8) is 0 Å². The van der Waals surface area contributed by atoms with E-state index in [-0.39, 0.29) is 36.4 Å². The van der Waals surface area contributed by atoms with Gasteiger partial charge in [-0.3, -0.25) is 9.69 Å². The molecule has 0 atom stereocenters. The van der Waals surface area contributed by atoms with Gasteiger partial charge in [0.05, 0.1) is 12.2 Å². The van der Waals surface area contributed by atoms with E-state index in [1.54, 1.807) is 0 Å². The fourth-order valence-corrected chi connectivity index (χ4v) is 3.73. The molecule has 0 unspecified atom stereocenters. The first-order valence-electron chi connectivity index (χ1n) is 9.61. The summed E-state index contributed by atoms with van der Waals surface area (Å²) in [6, 6.07) is 2.51. The van der Waals surface area contributed by atoms with E-state index >= 15 is 0 Å². The maximum absolute atomic E-state index is 13.5. The van der Waals surface area contributed by atoms with E-state index in [9.17, 15) is 22.8 Å². The molecule has 1 saturated carbocycles. The molecule has 1 heterocycles. The van der Waals surface area contributed by atoms with E-state index in [1.807, 2.05) is 13.8 Å². The first-order chi connectivity index (χ1) is 13.2. The minimum atomic E-state index is -4.57. The lowest BCUT2D eigenvalue weighted by molar-refractivity contribution is -0.138. The molecule has 8 heteroatoms. The molecule has 5 nitrogen and oxygen atoms in total. The Hall–Kier alpha value is -2.25. The molecule has 2 aliphatic rings. The predicted molar refractivity (Wildman–Crippen MR) is 96.7 cm³/mol. The first kappa shape index (κ1) is 20.5. The van der Waals surface area contributed by atoms with Crippen LogP contribution in [0, 0.1) is 0 Å². The summed E-state index contributed by atoms with van der Waals surface area (Å²) in [5.74, 6) is -0.519. The normalized spacial score (nSPS) is 17.5. The number of hydrogen-bond acceptors (Lipinski definition) is 3. The van der Waals surface area contributed by atoms with Crippen LogP contribution < -0.4 is 5.32 Å². The zero-order chi connectivity index (χ0) is 20.5. The van der Waals surface area contributed by atoms with Gasteiger partial charge in [0.2, 0.25) is 0 Å². The fraction of sp³-hybridized carbons (Fsp3) is 0.600. The number of amides is 2. The average Bonchev–Trinajstić information content (AvgIpc) is 2.97. The molecule has 1 aromatic carbocycles. The number of nitrogens with zero attached hydrogens (tertiary/aromatic N) is 1. The van der Waals surface area contributed by atoms with Gasteiger partial charge in [0.1, 0.15) is 0 Å². The Labute approximate surface area is 162 Å². The maximum Gasteiger partial charge on any atom is 0.416 e. The highest BCUT2D eigenvalue weighted by Gasteiger charge is 2.42. The molecule has 0 radical (unpaired) electrons. The van der Waals surface area contributed by atoms with Gasteiger partial charge >= 0.3 is 12.3 Å². The van der Waals surface area contributed by atoms with Crippen LogP contribution in [0.5, 0.6) is 0 Å². The summed E-state index contributed by atoms with van der Waals surface area (Å²) in [6.45, 7) is 4.02. The number of hydrogen-bond donors (Lipinski definition) is 1.